The lowest BCUT2D eigenvalue weighted by atomic mass is 10.2. The van der Waals surface area contributed by atoms with Gasteiger partial charge in [0.2, 0.25) is 0 Å². The Labute approximate surface area is 172 Å². The molecule has 29 heavy (non-hydrogen) atoms. The molecule has 0 spiro atoms. The number of aryl methyl sites for hydroxylation is 1. The second-order valence-electron chi connectivity index (χ2n) is 7.46. The molecule has 0 bridgehead atoms. The van der Waals surface area contributed by atoms with E-state index in [0.29, 0.717) is 6.54 Å². The van der Waals surface area contributed by atoms with Crippen molar-refractivity contribution < 1.29 is 4.74 Å². The van der Waals surface area contributed by atoms with Gasteiger partial charge < -0.3 is 24.4 Å². The summed E-state index contributed by atoms with van der Waals surface area (Å²) in [5.41, 5.74) is 1.16. The van der Waals surface area contributed by atoms with Crippen molar-refractivity contribution in [3.63, 3.8) is 0 Å². The minimum Gasteiger partial charge on any atom is -0.495 e. The van der Waals surface area contributed by atoms with Crippen LogP contribution in [0.4, 0.5) is 5.69 Å². The van der Waals surface area contributed by atoms with E-state index in [1.54, 1.807) is 7.11 Å². The van der Waals surface area contributed by atoms with Crippen molar-refractivity contribution >= 4 is 11.6 Å². The van der Waals surface area contributed by atoms with Gasteiger partial charge in [-0.05, 0) is 31.9 Å². The topological polar surface area (TPSA) is 70.8 Å². The average Bonchev–Trinajstić information content (AvgIpc) is 3.20. The summed E-state index contributed by atoms with van der Waals surface area (Å²) in [6.45, 7) is 8.26. The standard InChI is InChI=1S/C21H31N7O/c1-3-22-21(23-16-20-25-24-19-10-6-7-11-28(19)20)27-14-12-26(13-15-27)17-8-4-5-9-18(17)29-2/h4-5,8-9H,3,6-7,10-16H2,1-2H3,(H,22,23). The average molecular weight is 398 g/mol. The van der Waals surface area contributed by atoms with Gasteiger partial charge in [0.1, 0.15) is 18.1 Å². The Morgan fingerprint density at radius 2 is 1.93 bits per heavy atom. The Morgan fingerprint density at radius 1 is 1.10 bits per heavy atom. The maximum absolute atomic E-state index is 5.53. The maximum atomic E-state index is 5.53. The Bertz CT molecular complexity index is 839. The highest BCUT2D eigenvalue weighted by Crippen LogP contribution is 2.28. The maximum Gasteiger partial charge on any atom is 0.194 e. The highest BCUT2D eigenvalue weighted by atomic mass is 16.5. The molecule has 4 rings (SSSR count). The molecule has 1 N–H and O–H groups in total. The van der Waals surface area contributed by atoms with Crippen LogP contribution in [-0.2, 0) is 19.5 Å². The van der Waals surface area contributed by atoms with E-state index < -0.39 is 0 Å². The number of nitrogens with one attached hydrogen (secondary N) is 1. The predicted molar refractivity (Wildman–Crippen MR) is 115 cm³/mol. The van der Waals surface area contributed by atoms with Crippen LogP contribution in [0.25, 0.3) is 0 Å². The summed E-state index contributed by atoms with van der Waals surface area (Å²) in [7, 11) is 1.73. The van der Waals surface area contributed by atoms with E-state index in [1.165, 1.54) is 12.8 Å². The Kier molecular flexibility index (Phi) is 6.17. The van der Waals surface area contributed by atoms with Crippen molar-refractivity contribution in [3.05, 3.63) is 35.9 Å². The number of nitrogens with zero attached hydrogens (tertiary/aromatic N) is 6. The van der Waals surface area contributed by atoms with Crippen molar-refractivity contribution in [2.75, 3.05) is 44.7 Å². The number of guanidine groups is 1. The summed E-state index contributed by atoms with van der Waals surface area (Å²) in [5.74, 6) is 3.97. The van der Waals surface area contributed by atoms with Crippen LogP contribution in [0.3, 0.4) is 0 Å². The zero-order valence-corrected chi connectivity index (χ0v) is 17.5. The van der Waals surface area contributed by atoms with E-state index in [-0.39, 0.29) is 0 Å². The van der Waals surface area contributed by atoms with Crippen LogP contribution in [0, 0.1) is 0 Å². The molecule has 0 amide bonds. The van der Waals surface area contributed by atoms with E-state index in [9.17, 15) is 0 Å². The second kappa shape index (κ2) is 9.15. The fraction of sp³-hybridized carbons (Fsp3) is 0.571. The number of fused-ring (bicyclic) bond motifs is 1. The molecule has 1 fully saturated rings. The van der Waals surface area contributed by atoms with Gasteiger partial charge in [0, 0.05) is 45.7 Å². The lowest BCUT2D eigenvalue weighted by Gasteiger charge is -2.38. The zero-order valence-electron chi connectivity index (χ0n) is 17.5. The number of hydrogen-bond acceptors (Lipinski definition) is 5. The molecule has 8 heteroatoms. The first kappa shape index (κ1) is 19.5. The van der Waals surface area contributed by atoms with Gasteiger partial charge in [0.15, 0.2) is 11.8 Å². The monoisotopic (exact) mass is 397 g/mol. The third kappa shape index (κ3) is 4.31. The number of hydrogen-bond donors (Lipinski definition) is 1. The van der Waals surface area contributed by atoms with Gasteiger partial charge in [-0.25, -0.2) is 4.99 Å². The molecule has 1 aromatic carbocycles. The van der Waals surface area contributed by atoms with Crippen LogP contribution in [-0.4, -0.2) is 65.5 Å². The van der Waals surface area contributed by atoms with Crippen LogP contribution >= 0.6 is 0 Å². The number of anilines is 1. The van der Waals surface area contributed by atoms with Crippen molar-refractivity contribution in [2.45, 2.75) is 39.3 Å². The number of methoxy groups -OCH3 is 1. The number of aromatic nitrogens is 3. The van der Waals surface area contributed by atoms with Gasteiger partial charge in [0.25, 0.3) is 0 Å². The van der Waals surface area contributed by atoms with E-state index in [0.717, 1.165) is 74.7 Å². The molecular formula is C21H31N7O. The van der Waals surface area contributed by atoms with Crippen LogP contribution in [0.1, 0.15) is 31.4 Å². The van der Waals surface area contributed by atoms with Crippen molar-refractivity contribution in [1.29, 1.82) is 0 Å². The van der Waals surface area contributed by atoms with Crippen LogP contribution in [0.15, 0.2) is 29.3 Å². The Balaban J connectivity index is 1.42. The smallest absolute Gasteiger partial charge is 0.194 e. The lowest BCUT2D eigenvalue weighted by molar-refractivity contribution is 0.366. The fourth-order valence-electron chi connectivity index (χ4n) is 4.11. The molecule has 2 aromatic rings. The van der Waals surface area contributed by atoms with Gasteiger partial charge in [0.05, 0.1) is 12.8 Å². The molecule has 0 radical (unpaired) electrons. The van der Waals surface area contributed by atoms with E-state index >= 15 is 0 Å². The highest BCUT2D eigenvalue weighted by molar-refractivity contribution is 5.80. The minimum absolute atomic E-state index is 0.571. The van der Waals surface area contributed by atoms with Crippen LogP contribution < -0.4 is 15.0 Å². The largest absolute Gasteiger partial charge is 0.495 e. The zero-order chi connectivity index (χ0) is 20.1. The number of piperazine rings is 1. The second-order valence-corrected chi connectivity index (χ2v) is 7.46. The van der Waals surface area contributed by atoms with Crippen molar-refractivity contribution in [2.24, 2.45) is 4.99 Å². The SMILES string of the molecule is CCNC(=NCc1nnc2n1CCCC2)N1CCN(c2ccccc2OC)CC1. The molecule has 2 aliphatic heterocycles. The molecule has 8 nitrogen and oxygen atoms in total. The first-order valence-electron chi connectivity index (χ1n) is 10.6. The number of para-hydroxylation sites is 2. The predicted octanol–water partition coefficient (Wildman–Crippen LogP) is 1.91. The first-order chi connectivity index (χ1) is 14.3. The van der Waals surface area contributed by atoms with Gasteiger partial charge in [-0.15, -0.1) is 10.2 Å². The quantitative estimate of drug-likeness (QED) is 0.614. The summed E-state index contributed by atoms with van der Waals surface area (Å²) < 4.78 is 7.78. The minimum atomic E-state index is 0.571. The molecule has 0 saturated carbocycles. The van der Waals surface area contributed by atoms with E-state index in [2.05, 4.69) is 48.9 Å². The van der Waals surface area contributed by atoms with Gasteiger partial charge in [-0.2, -0.15) is 0 Å². The lowest BCUT2D eigenvalue weighted by Crippen LogP contribution is -2.52. The van der Waals surface area contributed by atoms with Gasteiger partial charge in [-0.3, -0.25) is 0 Å². The van der Waals surface area contributed by atoms with Crippen molar-refractivity contribution in [1.82, 2.24) is 25.0 Å². The Morgan fingerprint density at radius 3 is 2.72 bits per heavy atom. The molecule has 3 heterocycles. The summed E-state index contributed by atoms with van der Waals surface area (Å²) in [6, 6.07) is 8.22. The molecular weight excluding hydrogens is 366 g/mol. The summed E-state index contributed by atoms with van der Waals surface area (Å²) >= 11 is 0. The fourth-order valence-corrected chi connectivity index (χ4v) is 4.11. The number of ether oxygens (including phenoxy) is 1. The van der Waals surface area contributed by atoms with Gasteiger partial charge in [-0.1, -0.05) is 12.1 Å². The normalized spacial score (nSPS) is 17.2. The molecule has 0 unspecified atom stereocenters. The molecule has 0 aliphatic carbocycles. The third-order valence-electron chi connectivity index (χ3n) is 5.65. The molecule has 156 valence electrons. The van der Waals surface area contributed by atoms with E-state index in [4.69, 9.17) is 9.73 Å². The van der Waals surface area contributed by atoms with Crippen LogP contribution in [0.2, 0.25) is 0 Å². The van der Waals surface area contributed by atoms with Crippen molar-refractivity contribution in [3.8, 4) is 5.75 Å². The van der Waals surface area contributed by atoms with Crippen LogP contribution in [0.5, 0.6) is 5.75 Å². The highest BCUT2D eigenvalue weighted by Gasteiger charge is 2.22. The van der Waals surface area contributed by atoms with Gasteiger partial charge >= 0.3 is 0 Å². The number of aliphatic imine (C=N–C) groups is 1. The Hall–Kier alpha value is -2.77. The number of rotatable bonds is 5. The molecule has 0 atom stereocenters. The molecule has 1 aromatic heterocycles. The summed E-state index contributed by atoms with van der Waals surface area (Å²) in [4.78, 5) is 9.60. The summed E-state index contributed by atoms with van der Waals surface area (Å²) in [6.07, 6.45) is 3.44. The molecule has 2 aliphatic rings. The third-order valence-corrected chi connectivity index (χ3v) is 5.65. The molecule has 1 saturated heterocycles. The summed E-state index contributed by atoms with van der Waals surface area (Å²) in [5, 5.41) is 12.2. The van der Waals surface area contributed by atoms with E-state index in [1.807, 2.05) is 12.1 Å². The first-order valence-corrected chi connectivity index (χ1v) is 10.6. The number of benzene rings is 1.